The van der Waals surface area contributed by atoms with Crippen LogP contribution in [0, 0.1) is 0 Å². The summed E-state index contributed by atoms with van der Waals surface area (Å²) in [7, 11) is 5.64. The van der Waals surface area contributed by atoms with Crippen molar-refractivity contribution < 1.29 is 9.53 Å². The third kappa shape index (κ3) is 4.72. The Balaban J connectivity index is 1.73. The Morgan fingerprint density at radius 1 is 1.14 bits per heavy atom. The Hall–Kier alpha value is -2.80. The average Bonchev–Trinajstić information content (AvgIpc) is 2.96. The number of nitrogens with zero attached hydrogens (tertiary/aromatic N) is 4. The number of methoxy groups -OCH3 is 1. The zero-order valence-corrected chi connectivity index (χ0v) is 17.3. The van der Waals surface area contributed by atoms with E-state index in [1.165, 1.54) is 11.8 Å². The smallest absolute Gasteiger partial charge is 0.242 e. The molecule has 0 spiro atoms. The molecule has 0 aliphatic carbocycles. The maximum Gasteiger partial charge on any atom is 0.242 e. The van der Waals surface area contributed by atoms with Crippen molar-refractivity contribution in [1.82, 2.24) is 4.90 Å². The van der Waals surface area contributed by atoms with Crippen LogP contribution in [-0.4, -0.2) is 48.6 Å². The number of thioether (sulfide) groups is 1. The van der Waals surface area contributed by atoms with Gasteiger partial charge in [0.1, 0.15) is 5.75 Å². The second-order valence-corrected chi connectivity index (χ2v) is 7.95. The summed E-state index contributed by atoms with van der Waals surface area (Å²) in [5.41, 5.74) is 3.10. The van der Waals surface area contributed by atoms with Crippen LogP contribution in [-0.2, 0) is 11.3 Å². The Labute approximate surface area is 169 Å². The number of anilines is 1. The molecule has 0 bridgehead atoms. The third-order valence-electron chi connectivity index (χ3n) is 4.39. The van der Waals surface area contributed by atoms with Gasteiger partial charge in [-0.3, -0.25) is 9.69 Å². The number of benzene rings is 2. The molecule has 1 unspecified atom stereocenters. The normalized spacial score (nSPS) is 18.3. The molecular weight excluding hydrogens is 372 g/mol. The monoisotopic (exact) mass is 396 g/mol. The Bertz CT molecular complexity index is 876. The van der Waals surface area contributed by atoms with E-state index < -0.39 is 0 Å². The Morgan fingerprint density at radius 3 is 2.43 bits per heavy atom. The van der Waals surface area contributed by atoms with Gasteiger partial charge < -0.3 is 9.64 Å². The summed E-state index contributed by atoms with van der Waals surface area (Å²) in [6, 6.07) is 15.7. The molecule has 1 amide bonds. The summed E-state index contributed by atoms with van der Waals surface area (Å²) in [5, 5.41) is 8.97. The van der Waals surface area contributed by atoms with Crippen molar-refractivity contribution in [2.45, 2.75) is 18.7 Å². The van der Waals surface area contributed by atoms with E-state index in [1.54, 1.807) is 18.2 Å². The van der Waals surface area contributed by atoms with Crippen molar-refractivity contribution in [3.05, 3.63) is 59.7 Å². The van der Waals surface area contributed by atoms with E-state index >= 15 is 0 Å². The van der Waals surface area contributed by atoms with Crippen LogP contribution in [0.5, 0.6) is 5.75 Å². The summed E-state index contributed by atoms with van der Waals surface area (Å²) >= 11 is 1.43. The quantitative estimate of drug-likeness (QED) is 0.553. The van der Waals surface area contributed by atoms with Crippen molar-refractivity contribution in [3.63, 3.8) is 0 Å². The van der Waals surface area contributed by atoms with Gasteiger partial charge in [0, 0.05) is 19.8 Å². The second-order valence-electron chi connectivity index (χ2n) is 6.65. The average molecular weight is 397 g/mol. The first kappa shape index (κ1) is 19.9. The van der Waals surface area contributed by atoms with Crippen molar-refractivity contribution in [2.24, 2.45) is 10.2 Å². The predicted octanol–water partition coefficient (Wildman–Crippen LogP) is 3.62. The number of ether oxygens (including phenoxy) is 1. The molecule has 6 nitrogen and oxygen atoms in total. The van der Waals surface area contributed by atoms with Gasteiger partial charge in [0.2, 0.25) is 5.91 Å². The molecule has 1 saturated heterocycles. The van der Waals surface area contributed by atoms with Gasteiger partial charge in [-0.15, -0.1) is 5.10 Å². The highest BCUT2D eigenvalue weighted by atomic mass is 32.2. The molecular formula is C21H24N4O2S. The van der Waals surface area contributed by atoms with E-state index in [1.807, 2.05) is 74.4 Å². The van der Waals surface area contributed by atoms with Crippen molar-refractivity contribution in [1.29, 1.82) is 0 Å². The molecule has 3 rings (SSSR count). The minimum atomic E-state index is -0.161. The molecule has 0 N–H and O–H groups in total. The minimum Gasteiger partial charge on any atom is -0.497 e. The fourth-order valence-electron chi connectivity index (χ4n) is 2.73. The van der Waals surface area contributed by atoms with Crippen molar-refractivity contribution >= 4 is 34.7 Å². The lowest BCUT2D eigenvalue weighted by atomic mass is 10.2. The van der Waals surface area contributed by atoms with Crippen LogP contribution < -0.4 is 9.64 Å². The van der Waals surface area contributed by atoms with E-state index in [-0.39, 0.29) is 11.2 Å². The molecule has 1 fully saturated rings. The first-order valence-electron chi connectivity index (χ1n) is 8.97. The zero-order chi connectivity index (χ0) is 20.1. The molecule has 0 aromatic heterocycles. The lowest BCUT2D eigenvalue weighted by Crippen LogP contribution is -2.30. The van der Waals surface area contributed by atoms with E-state index in [0.29, 0.717) is 11.7 Å². The van der Waals surface area contributed by atoms with Gasteiger partial charge in [0.25, 0.3) is 0 Å². The molecule has 2 aromatic rings. The number of carbonyl (C=O) groups is 1. The van der Waals surface area contributed by atoms with Gasteiger partial charge in [0.15, 0.2) is 5.17 Å². The Kier molecular flexibility index (Phi) is 6.36. The highest BCUT2D eigenvalue weighted by Crippen LogP contribution is 2.28. The molecule has 7 heteroatoms. The summed E-state index contributed by atoms with van der Waals surface area (Å²) in [6.45, 7) is 2.35. The lowest BCUT2D eigenvalue weighted by Gasteiger charge is -2.15. The van der Waals surface area contributed by atoms with Gasteiger partial charge in [0.05, 0.1) is 25.1 Å². The van der Waals surface area contributed by atoms with Crippen LogP contribution in [0.3, 0.4) is 0 Å². The highest BCUT2D eigenvalue weighted by molar-refractivity contribution is 8.15. The minimum absolute atomic E-state index is 0.0464. The molecule has 1 heterocycles. The lowest BCUT2D eigenvalue weighted by molar-refractivity contribution is -0.126. The van der Waals surface area contributed by atoms with Gasteiger partial charge in [-0.05, 0) is 42.3 Å². The van der Waals surface area contributed by atoms with Crippen LogP contribution in [0.1, 0.15) is 18.1 Å². The molecule has 1 aliphatic heterocycles. The first-order valence-corrected chi connectivity index (χ1v) is 9.85. The van der Waals surface area contributed by atoms with Gasteiger partial charge >= 0.3 is 0 Å². The molecule has 1 atom stereocenters. The molecule has 1 aliphatic rings. The fourth-order valence-corrected chi connectivity index (χ4v) is 3.65. The van der Waals surface area contributed by atoms with Crippen LogP contribution in [0.15, 0.2) is 58.7 Å². The van der Waals surface area contributed by atoms with E-state index in [9.17, 15) is 4.79 Å². The van der Waals surface area contributed by atoms with E-state index in [0.717, 1.165) is 22.6 Å². The van der Waals surface area contributed by atoms with Crippen molar-refractivity contribution in [2.75, 3.05) is 26.1 Å². The summed E-state index contributed by atoms with van der Waals surface area (Å²) < 4.78 is 5.18. The fraction of sp³-hybridized carbons (Fsp3) is 0.286. The zero-order valence-electron chi connectivity index (χ0n) is 16.5. The molecule has 28 heavy (non-hydrogen) atoms. The SMILES string of the molecule is COc1ccc(CN2C(=O)C(C)S/C2=N\N=C\c2ccc(N(C)C)cc2)cc1. The largest absolute Gasteiger partial charge is 0.497 e. The second kappa shape index (κ2) is 8.93. The summed E-state index contributed by atoms with van der Waals surface area (Å²) in [5.74, 6) is 0.836. The molecule has 2 aromatic carbocycles. The number of rotatable bonds is 6. The topological polar surface area (TPSA) is 57.5 Å². The van der Waals surface area contributed by atoms with Crippen LogP contribution in [0.25, 0.3) is 0 Å². The van der Waals surface area contributed by atoms with Crippen molar-refractivity contribution in [3.8, 4) is 5.75 Å². The predicted molar refractivity (Wildman–Crippen MR) is 116 cm³/mol. The highest BCUT2D eigenvalue weighted by Gasteiger charge is 2.35. The third-order valence-corrected chi connectivity index (χ3v) is 5.45. The summed E-state index contributed by atoms with van der Waals surface area (Å²) in [6.07, 6.45) is 1.70. The number of hydrogen-bond acceptors (Lipinski definition) is 6. The van der Waals surface area contributed by atoms with Gasteiger partial charge in [-0.25, -0.2) is 0 Å². The Morgan fingerprint density at radius 2 is 1.82 bits per heavy atom. The maximum atomic E-state index is 12.5. The number of amides is 1. The van der Waals surface area contributed by atoms with Crippen LogP contribution in [0.4, 0.5) is 5.69 Å². The van der Waals surface area contributed by atoms with E-state index in [2.05, 4.69) is 10.2 Å². The van der Waals surface area contributed by atoms with Gasteiger partial charge in [-0.1, -0.05) is 36.0 Å². The maximum absolute atomic E-state index is 12.5. The van der Waals surface area contributed by atoms with E-state index in [4.69, 9.17) is 4.74 Å². The first-order chi connectivity index (χ1) is 13.5. The molecule has 0 saturated carbocycles. The standard InChI is InChI=1S/C21H24N4O2S/c1-15-20(26)25(14-17-7-11-19(27-4)12-8-17)21(28-15)23-22-13-16-5-9-18(10-6-16)24(2)3/h5-13,15H,14H2,1-4H3/b22-13+,23-21-. The number of carbonyl (C=O) groups excluding carboxylic acids is 1. The number of hydrogen-bond donors (Lipinski definition) is 0. The van der Waals surface area contributed by atoms with Crippen LogP contribution >= 0.6 is 11.8 Å². The number of amidine groups is 1. The van der Waals surface area contributed by atoms with Gasteiger partial charge in [-0.2, -0.15) is 5.10 Å². The summed E-state index contributed by atoms with van der Waals surface area (Å²) in [4.78, 5) is 16.2. The molecule has 146 valence electrons. The van der Waals surface area contributed by atoms with Crippen LogP contribution in [0.2, 0.25) is 0 Å². The molecule has 0 radical (unpaired) electrons.